The molecule has 4 rings (SSSR count). The Kier molecular flexibility index (Phi) is 4.85. The topological polar surface area (TPSA) is 74.8 Å². The summed E-state index contributed by atoms with van der Waals surface area (Å²) in [5.41, 5.74) is 1.43. The molecule has 0 spiro atoms. The third kappa shape index (κ3) is 3.46. The second-order valence-electron chi connectivity index (χ2n) is 7.08. The van der Waals surface area contributed by atoms with Crippen LogP contribution in [0.15, 0.2) is 66.1 Å². The van der Waals surface area contributed by atoms with Gasteiger partial charge in [-0.25, -0.2) is 4.68 Å². The van der Waals surface area contributed by atoms with Crippen molar-refractivity contribution in [3.8, 4) is 6.07 Å². The molecule has 1 unspecified atom stereocenters. The van der Waals surface area contributed by atoms with Crippen LogP contribution >= 0.6 is 0 Å². The van der Waals surface area contributed by atoms with E-state index in [1.165, 1.54) is 35.0 Å². The van der Waals surface area contributed by atoms with Crippen molar-refractivity contribution < 1.29 is 18.0 Å². The molecule has 1 atom stereocenters. The summed E-state index contributed by atoms with van der Waals surface area (Å²) < 4.78 is 41.3. The van der Waals surface area contributed by atoms with Crippen LogP contribution < -0.4 is 4.90 Å². The van der Waals surface area contributed by atoms with Gasteiger partial charge in [0.15, 0.2) is 5.78 Å². The summed E-state index contributed by atoms with van der Waals surface area (Å²) in [6.45, 7) is 3.08. The number of ketones is 1. The van der Waals surface area contributed by atoms with Gasteiger partial charge >= 0.3 is 6.18 Å². The average molecular weight is 423 g/mol. The first-order valence-electron chi connectivity index (χ1n) is 9.31. The van der Waals surface area contributed by atoms with E-state index in [1.54, 1.807) is 31.2 Å². The van der Waals surface area contributed by atoms with Crippen LogP contribution in [0.5, 0.6) is 0 Å². The lowest BCUT2D eigenvalue weighted by Gasteiger charge is -2.35. The summed E-state index contributed by atoms with van der Waals surface area (Å²) in [5, 5.41) is 13.3. The minimum Gasteiger partial charge on any atom is -0.295 e. The fourth-order valence-electron chi connectivity index (χ4n) is 3.80. The van der Waals surface area contributed by atoms with Crippen LogP contribution in [-0.2, 0) is 11.0 Å². The van der Waals surface area contributed by atoms with Gasteiger partial charge in [0, 0.05) is 17.0 Å². The van der Waals surface area contributed by atoms with Gasteiger partial charge in [-0.1, -0.05) is 18.2 Å². The smallest absolute Gasteiger partial charge is 0.295 e. The van der Waals surface area contributed by atoms with Gasteiger partial charge in [0.2, 0.25) is 5.95 Å². The monoisotopic (exact) mass is 423 g/mol. The van der Waals surface area contributed by atoms with E-state index in [4.69, 9.17) is 5.26 Å². The highest BCUT2D eigenvalue weighted by Crippen LogP contribution is 2.43. The van der Waals surface area contributed by atoms with Crippen LogP contribution in [0.2, 0.25) is 0 Å². The van der Waals surface area contributed by atoms with Crippen molar-refractivity contribution in [3.63, 3.8) is 0 Å². The van der Waals surface area contributed by atoms with E-state index in [9.17, 15) is 18.0 Å². The number of carbonyl (C=O) groups excluding carboxylic acids is 1. The number of carbonyl (C=O) groups is 1. The van der Waals surface area contributed by atoms with Crippen molar-refractivity contribution in [1.82, 2.24) is 14.8 Å². The van der Waals surface area contributed by atoms with Gasteiger partial charge in [0.1, 0.15) is 12.4 Å². The van der Waals surface area contributed by atoms with Crippen molar-refractivity contribution >= 4 is 17.4 Å². The first-order valence-corrected chi connectivity index (χ1v) is 9.31. The first kappa shape index (κ1) is 20.3. The third-order valence-electron chi connectivity index (χ3n) is 5.16. The summed E-state index contributed by atoms with van der Waals surface area (Å²) in [6.07, 6.45) is -3.21. The second-order valence-corrected chi connectivity index (χ2v) is 7.08. The lowest BCUT2D eigenvalue weighted by molar-refractivity contribution is -0.137. The number of alkyl halides is 3. The van der Waals surface area contributed by atoms with Crippen LogP contribution in [0.25, 0.3) is 0 Å². The number of halogens is 3. The van der Waals surface area contributed by atoms with Gasteiger partial charge in [-0.05, 0) is 49.7 Å². The molecule has 0 aliphatic carbocycles. The largest absolute Gasteiger partial charge is 0.416 e. The zero-order valence-electron chi connectivity index (χ0n) is 16.6. The fraction of sp³-hybridized carbons (Fsp3) is 0.182. The second kappa shape index (κ2) is 7.40. The Bertz CT molecular complexity index is 1240. The Balaban J connectivity index is 1.92. The highest BCUT2D eigenvalue weighted by Gasteiger charge is 2.37. The molecule has 0 saturated carbocycles. The van der Waals surface area contributed by atoms with E-state index in [0.717, 1.165) is 12.1 Å². The molecular formula is C22H16F3N5O. The maximum Gasteiger partial charge on any atom is 0.416 e. The number of Topliss-reactive ketones (excluding diaryl/α,β-unsaturated/α-hetero) is 1. The maximum absolute atomic E-state index is 13.3. The number of aromatic nitrogens is 3. The fourth-order valence-corrected chi connectivity index (χ4v) is 3.80. The summed E-state index contributed by atoms with van der Waals surface area (Å²) in [6, 6.07) is 13.0. The van der Waals surface area contributed by atoms with Gasteiger partial charge in [-0.3, -0.25) is 9.69 Å². The zero-order valence-corrected chi connectivity index (χ0v) is 16.6. The van der Waals surface area contributed by atoms with E-state index in [1.807, 2.05) is 6.07 Å². The summed E-state index contributed by atoms with van der Waals surface area (Å²) in [4.78, 5) is 18.4. The van der Waals surface area contributed by atoms with Crippen LogP contribution in [0.1, 0.15) is 36.6 Å². The molecule has 0 saturated heterocycles. The molecule has 156 valence electrons. The molecule has 9 heteroatoms. The summed E-state index contributed by atoms with van der Waals surface area (Å²) in [7, 11) is 0. The zero-order chi connectivity index (χ0) is 22.3. The van der Waals surface area contributed by atoms with Crippen LogP contribution in [0.4, 0.5) is 24.8 Å². The predicted molar refractivity (Wildman–Crippen MR) is 106 cm³/mol. The van der Waals surface area contributed by atoms with E-state index in [0.29, 0.717) is 22.4 Å². The van der Waals surface area contributed by atoms with Gasteiger partial charge < -0.3 is 0 Å². The number of nitrogens with zero attached hydrogens (tertiary/aromatic N) is 5. The lowest BCUT2D eigenvalue weighted by Crippen LogP contribution is -2.33. The number of fused-ring (bicyclic) bond motifs is 1. The molecule has 1 aromatic heterocycles. The van der Waals surface area contributed by atoms with Crippen molar-refractivity contribution in [1.29, 1.82) is 5.26 Å². The van der Waals surface area contributed by atoms with E-state index < -0.39 is 17.8 Å². The molecule has 0 radical (unpaired) electrons. The average Bonchev–Trinajstić information content (AvgIpc) is 3.21. The molecule has 0 fully saturated rings. The van der Waals surface area contributed by atoms with Gasteiger partial charge in [-0.15, -0.1) is 0 Å². The molecular weight excluding hydrogens is 407 g/mol. The number of rotatable bonds is 3. The Labute approximate surface area is 175 Å². The highest BCUT2D eigenvalue weighted by atomic mass is 19.4. The molecule has 0 amide bonds. The van der Waals surface area contributed by atoms with Crippen molar-refractivity contribution in [3.05, 3.63) is 82.8 Å². The lowest BCUT2D eigenvalue weighted by atomic mass is 9.92. The molecule has 2 heterocycles. The molecule has 1 aliphatic heterocycles. The van der Waals surface area contributed by atoms with Crippen LogP contribution in [-0.4, -0.2) is 20.5 Å². The highest BCUT2D eigenvalue weighted by molar-refractivity contribution is 5.97. The van der Waals surface area contributed by atoms with Crippen molar-refractivity contribution in [2.24, 2.45) is 0 Å². The standard InChI is InChI=1S/C22H16F3N5O/c1-13-19(14(2)31)20(16-8-6-15(11-26)7-9-16)30-21(27-12-28-30)29(13)18-5-3-4-17(10-18)22(23,24)25/h3-10,12,20H,1-2H3. The SMILES string of the molecule is CC(=O)C1=C(C)N(c2cccc(C(F)(F)F)c2)c2ncnn2C1c1ccc(C#N)cc1. The van der Waals surface area contributed by atoms with Gasteiger partial charge in [0.05, 0.1) is 17.2 Å². The number of allylic oxidation sites excluding steroid dienone is 2. The quantitative estimate of drug-likeness (QED) is 0.607. The Morgan fingerprint density at radius 1 is 1.16 bits per heavy atom. The van der Waals surface area contributed by atoms with Crippen LogP contribution in [0, 0.1) is 11.3 Å². The normalized spacial score (nSPS) is 16.1. The van der Waals surface area contributed by atoms with Gasteiger partial charge in [-0.2, -0.15) is 28.5 Å². The Morgan fingerprint density at radius 3 is 2.48 bits per heavy atom. The number of nitriles is 1. The van der Waals surface area contributed by atoms with Crippen molar-refractivity contribution in [2.45, 2.75) is 26.1 Å². The maximum atomic E-state index is 13.3. The minimum absolute atomic E-state index is 0.221. The predicted octanol–water partition coefficient (Wildman–Crippen LogP) is 4.77. The van der Waals surface area contributed by atoms with Crippen molar-refractivity contribution in [2.75, 3.05) is 4.90 Å². The molecule has 1 aliphatic rings. The number of benzene rings is 2. The Morgan fingerprint density at radius 2 is 1.87 bits per heavy atom. The molecule has 0 N–H and O–H groups in total. The minimum atomic E-state index is -4.51. The Hall–Kier alpha value is -3.93. The summed E-state index contributed by atoms with van der Waals surface area (Å²) >= 11 is 0. The van der Waals surface area contributed by atoms with E-state index >= 15 is 0 Å². The van der Waals surface area contributed by atoms with Crippen LogP contribution in [0.3, 0.4) is 0 Å². The molecule has 2 aromatic carbocycles. The molecule has 31 heavy (non-hydrogen) atoms. The number of anilines is 2. The van der Waals surface area contributed by atoms with Gasteiger partial charge in [0.25, 0.3) is 0 Å². The third-order valence-corrected chi connectivity index (χ3v) is 5.16. The van der Waals surface area contributed by atoms with E-state index in [-0.39, 0.29) is 17.4 Å². The molecule has 3 aromatic rings. The van der Waals surface area contributed by atoms with E-state index in [2.05, 4.69) is 10.1 Å². The number of hydrogen-bond donors (Lipinski definition) is 0. The first-order chi connectivity index (χ1) is 14.7. The molecule has 6 nitrogen and oxygen atoms in total. The molecule has 0 bridgehead atoms. The number of hydrogen-bond acceptors (Lipinski definition) is 5. The summed E-state index contributed by atoms with van der Waals surface area (Å²) in [5.74, 6) is 0.0427.